The maximum absolute atomic E-state index is 13.5. The highest BCUT2D eigenvalue weighted by atomic mass is 19.2. The lowest BCUT2D eigenvalue weighted by Crippen LogP contribution is -2.42. The molecular formula is C25H20F2N2O5. The summed E-state index contributed by atoms with van der Waals surface area (Å²) in [6.07, 6.45) is -0.853. The summed E-state index contributed by atoms with van der Waals surface area (Å²) in [5.74, 6) is -5.23. The molecule has 0 heterocycles. The van der Waals surface area contributed by atoms with Gasteiger partial charge < -0.3 is 20.5 Å². The molecule has 0 radical (unpaired) electrons. The molecule has 174 valence electrons. The topological polar surface area (TPSA) is 105 Å². The van der Waals surface area contributed by atoms with E-state index in [4.69, 9.17) is 9.84 Å². The summed E-state index contributed by atoms with van der Waals surface area (Å²) in [6.45, 7) is 1.39. The minimum Gasteiger partial charge on any atom is -0.478 e. The van der Waals surface area contributed by atoms with Crippen LogP contribution in [0.15, 0.2) is 60.7 Å². The Balaban J connectivity index is 1.39. The number of carboxylic acids is 1. The van der Waals surface area contributed by atoms with Gasteiger partial charge in [-0.2, -0.15) is 0 Å². The van der Waals surface area contributed by atoms with Gasteiger partial charge in [-0.3, -0.25) is 4.79 Å². The third-order valence-electron chi connectivity index (χ3n) is 5.62. The predicted octanol–water partition coefficient (Wildman–Crippen LogP) is 4.53. The standard InChI is InChI=1S/C25H20F2N2O5/c1-13(23(30)29-22-11-21(27)20(26)10-18(22)24(31)32)28-25(33)34-12-19-16-8-4-2-6-14(16)15-7-3-5-9-17(15)19/h2-11,13,19H,12H2,1H3,(H,28,33)(H,29,30)(H,31,32)/t13-/m0/s1. The van der Waals surface area contributed by atoms with Gasteiger partial charge in [0.05, 0.1) is 11.3 Å². The molecular weight excluding hydrogens is 446 g/mol. The SMILES string of the molecule is C[C@H](NC(=O)OCC1c2ccccc2-c2ccccc21)C(=O)Nc1cc(F)c(F)cc1C(=O)O. The van der Waals surface area contributed by atoms with E-state index in [0.29, 0.717) is 12.1 Å². The second-order valence-electron chi connectivity index (χ2n) is 7.80. The Labute approximate surface area is 193 Å². The summed E-state index contributed by atoms with van der Waals surface area (Å²) in [5, 5.41) is 13.7. The van der Waals surface area contributed by atoms with E-state index in [9.17, 15) is 23.2 Å². The molecule has 1 aliphatic rings. The van der Waals surface area contributed by atoms with E-state index in [1.807, 2.05) is 48.5 Å². The number of nitrogens with one attached hydrogen (secondary N) is 2. The summed E-state index contributed by atoms with van der Waals surface area (Å²) in [5.41, 5.74) is 3.14. The summed E-state index contributed by atoms with van der Waals surface area (Å²) in [4.78, 5) is 36.0. The van der Waals surface area contributed by atoms with Gasteiger partial charge in [-0.15, -0.1) is 0 Å². The van der Waals surface area contributed by atoms with Crippen LogP contribution in [-0.4, -0.2) is 35.7 Å². The second kappa shape index (κ2) is 9.30. The first-order valence-electron chi connectivity index (χ1n) is 10.4. The molecule has 0 unspecified atom stereocenters. The molecule has 9 heteroatoms. The maximum Gasteiger partial charge on any atom is 0.407 e. The number of carbonyl (C=O) groups is 3. The number of hydrogen-bond donors (Lipinski definition) is 3. The van der Waals surface area contributed by atoms with Crippen molar-refractivity contribution in [2.45, 2.75) is 18.9 Å². The van der Waals surface area contributed by atoms with Crippen LogP contribution < -0.4 is 10.6 Å². The molecule has 0 fully saturated rings. The quantitative estimate of drug-likeness (QED) is 0.495. The number of aromatic carboxylic acids is 1. The van der Waals surface area contributed by atoms with Crippen molar-refractivity contribution < 1.29 is 33.0 Å². The van der Waals surface area contributed by atoms with Crippen LogP contribution >= 0.6 is 0 Å². The Hall–Kier alpha value is -4.27. The van der Waals surface area contributed by atoms with Crippen LogP contribution in [0.5, 0.6) is 0 Å². The lowest BCUT2D eigenvalue weighted by Gasteiger charge is -2.17. The van der Waals surface area contributed by atoms with Crippen molar-refractivity contribution in [2.24, 2.45) is 0 Å². The Morgan fingerprint density at radius 1 is 0.971 bits per heavy atom. The van der Waals surface area contributed by atoms with E-state index < -0.39 is 46.9 Å². The fourth-order valence-electron chi connectivity index (χ4n) is 3.95. The maximum atomic E-state index is 13.5. The van der Waals surface area contributed by atoms with Gasteiger partial charge in [0.2, 0.25) is 5.91 Å². The van der Waals surface area contributed by atoms with Gasteiger partial charge in [0.25, 0.3) is 0 Å². The number of hydrogen-bond acceptors (Lipinski definition) is 4. The third-order valence-corrected chi connectivity index (χ3v) is 5.62. The van der Waals surface area contributed by atoms with E-state index in [2.05, 4.69) is 10.6 Å². The predicted molar refractivity (Wildman–Crippen MR) is 120 cm³/mol. The van der Waals surface area contributed by atoms with Gasteiger partial charge in [-0.1, -0.05) is 48.5 Å². The number of rotatable bonds is 6. The Morgan fingerprint density at radius 3 is 2.12 bits per heavy atom. The molecule has 3 N–H and O–H groups in total. The van der Waals surface area contributed by atoms with Gasteiger partial charge in [0.1, 0.15) is 12.6 Å². The third kappa shape index (κ3) is 4.45. The highest BCUT2D eigenvalue weighted by Gasteiger charge is 2.29. The van der Waals surface area contributed by atoms with E-state index in [1.165, 1.54) is 6.92 Å². The lowest BCUT2D eigenvalue weighted by molar-refractivity contribution is -0.117. The minimum absolute atomic E-state index is 0.0422. The van der Waals surface area contributed by atoms with Crippen LogP contribution in [0.4, 0.5) is 19.3 Å². The first kappa shape index (κ1) is 22.9. The number of halogens is 2. The van der Waals surface area contributed by atoms with Crippen molar-refractivity contribution in [3.63, 3.8) is 0 Å². The summed E-state index contributed by atoms with van der Waals surface area (Å²) in [6, 6.07) is 15.5. The smallest absolute Gasteiger partial charge is 0.407 e. The fourth-order valence-corrected chi connectivity index (χ4v) is 3.95. The molecule has 0 spiro atoms. The van der Waals surface area contributed by atoms with E-state index in [-0.39, 0.29) is 12.5 Å². The molecule has 3 aromatic rings. The number of carboxylic acid groups (broad SMARTS) is 1. The summed E-state index contributed by atoms with van der Waals surface area (Å²) >= 11 is 0. The molecule has 34 heavy (non-hydrogen) atoms. The number of ether oxygens (including phenoxy) is 1. The molecule has 0 aliphatic heterocycles. The molecule has 1 atom stereocenters. The first-order valence-corrected chi connectivity index (χ1v) is 10.4. The van der Waals surface area contributed by atoms with Crippen LogP contribution in [0, 0.1) is 11.6 Å². The largest absolute Gasteiger partial charge is 0.478 e. The monoisotopic (exact) mass is 466 g/mol. The number of carbonyl (C=O) groups excluding carboxylic acids is 2. The van der Waals surface area contributed by atoms with Crippen molar-refractivity contribution in [1.29, 1.82) is 0 Å². The minimum atomic E-state index is -1.55. The van der Waals surface area contributed by atoms with Crippen molar-refractivity contribution in [2.75, 3.05) is 11.9 Å². The number of amides is 2. The molecule has 1 aliphatic carbocycles. The highest BCUT2D eigenvalue weighted by Crippen LogP contribution is 2.44. The normalized spacial score (nSPS) is 12.9. The van der Waals surface area contributed by atoms with E-state index >= 15 is 0 Å². The van der Waals surface area contributed by atoms with Crippen LogP contribution in [0.25, 0.3) is 11.1 Å². The zero-order chi connectivity index (χ0) is 24.4. The number of fused-ring (bicyclic) bond motifs is 3. The second-order valence-corrected chi connectivity index (χ2v) is 7.80. The molecule has 3 aromatic carbocycles. The zero-order valence-corrected chi connectivity index (χ0v) is 18.0. The summed E-state index contributed by atoms with van der Waals surface area (Å²) in [7, 11) is 0. The van der Waals surface area contributed by atoms with Crippen LogP contribution in [0.1, 0.15) is 34.3 Å². The van der Waals surface area contributed by atoms with Gasteiger partial charge in [-0.25, -0.2) is 18.4 Å². The molecule has 7 nitrogen and oxygen atoms in total. The molecule has 2 amide bonds. The summed E-state index contributed by atoms with van der Waals surface area (Å²) < 4.78 is 32.3. The number of alkyl carbamates (subject to hydrolysis) is 1. The van der Waals surface area contributed by atoms with Gasteiger partial charge in [0.15, 0.2) is 11.6 Å². The Kier molecular flexibility index (Phi) is 6.27. The molecule has 0 aromatic heterocycles. The zero-order valence-electron chi connectivity index (χ0n) is 18.0. The molecule has 0 saturated carbocycles. The van der Waals surface area contributed by atoms with Crippen LogP contribution in [0.3, 0.4) is 0 Å². The highest BCUT2D eigenvalue weighted by molar-refractivity contribution is 6.02. The Morgan fingerprint density at radius 2 is 1.53 bits per heavy atom. The first-order chi connectivity index (χ1) is 16.3. The van der Waals surface area contributed by atoms with Gasteiger partial charge in [0, 0.05) is 12.0 Å². The molecule has 0 saturated heterocycles. The average molecular weight is 466 g/mol. The van der Waals surface area contributed by atoms with Crippen molar-refractivity contribution in [1.82, 2.24) is 5.32 Å². The lowest BCUT2D eigenvalue weighted by atomic mass is 9.98. The van der Waals surface area contributed by atoms with Crippen LogP contribution in [-0.2, 0) is 9.53 Å². The van der Waals surface area contributed by atoms with Crippen LogP contribution in [0.2, 0.25) is 0 Å². The van der Waals surface area contributed by atoms with Crippen molar-refractivity contribution >= 4 is 23.7 Å². The van der Waals surface area contributed by atoms with Crippen molar-refractivity contribution in [3.05, 3.63) is 89.0 Å². The number of benzene rings is 3. The van der Waals surface area contributed by atoms with Gasteiger partial charge in [-0.05, 0) is 35.2 Å². The molecule has 4 rings (SSSR count). The van der Waals surface area contributed by atoms with E-state index in [1.54, 1.807) is 0 Å². The average Bonchev–Trinajstić information content (AvgIpc) is 3.13. The van der Waals surface area contributed by atoms with E-state index in [0.717, 1.165) is 22.3 Å². The van der Waals surface area contributed by atoms with Gasteiger partial charge >= 0.3 is 12.1 Å². The van der Waals surface area contributed by atoms with Crippen molar-refractivity contribution in [3.8, 4) is 11.1 Å². The Bertz CT molecular complexity index is 1250. The molecule has 0 bridgehead atoms. The fraction of sp³-hybridized carbons (Fsp3) is 0.160. The number of anilines is 1.